The molecule has 0 aromatic heterocycles. The number of ether oxygens (including phenoxy) is 2. The Balaban J connectivity index is 2.13. The number of rotatable bonds is 12. The van der Waals surface area contributed by atoms with Crippen molar-refractivity contribution >= 4 is 6.16 Å². The highest BCUT2D eigenvalue weighted by Crippen LogP contribution is 2.16. The Morgan fingerprint density at radius 2 is 1.43 bits per heavy atom. The molecule has 0 spiro atoms. The van der Waals surface area contributed by atoms with Gasteiger partial charge in [0.15, 0.2) is 0 Å². The molecule has 0 amide bonds. The molecule has 0 aliphatic heterocycles. The van der Waals surface area contributed by atoms with Crippen molar-refractivity contribution in [2.45, 2.75) is 78.1 Å². The summed E-state index contributed by atoms with van der Waals surface area (Å²) in [6.45, 7) is 4.60. The number of unbranched alkanes of at least 4 members (excludes halogenated alkanes) is 7. The summed E-state index contributed by atoms with van der Waals surface area (Å²) in [5.74, 6) is 0.547. The predicted octanol–water partition coefficient (Wildman–Crippen LogP) is 6.30. The lowest BCUT2D eigenvalue weighted by atomic mass is 10.0. The zero-order chi connectivity index (χ0) is 16.8. The lowest BCUT2D eigenvalue weighted by molar-refractivity contribution is 0.0991. The fraction of sp³-hybridized carbons (Fsp3) is 0.650. The SMILES string of the molecule is CCCCCCCCCCc1ccc(OC(=O)OCCC)cc1. The maximum atomic E-state index is 11.4. The van der Waals surface area contributed by atoms with Gasteiger partial charge in [0.1, 0.15) is 5.75 Å². The van der Waals surface area contributed by atoms with Crippen LogP contribution in [0.2, 0.25) is 0 Å². The molecule has 0 saturated heterocycles. The highest BCUT2D eigenvalue weighted by Gasteiger charge is 2.05. The Hall–Kier alpha value is -1.51. The predicted molar refractivity (Wildman–Crippen MR) is 95.0 cm³/mol. The number of hydrogen-bond acceptors (Lipinski definition) is 3. The summed E-state index contributed by atoms with van der Waals surface area (Å²) in [5, 5.41) is 0. The Kier molecular flexibility index (Phi) is 11.0. The van der Waals surface area contributed by atoms with Crippen LogP contribution in [0.25, 0.3) is 0 Å². The molecule has 1 rings (SSSR count). The average molecular weight is 320 g/mol. The van der Waals surface area contributed by atoms with E-state index in [2.05, 4.69) is 6.92 Å². The van der Waals surface area contributed by atoms with Gasteiger partial charge in [0.25, 0.3) is 0 Å². The first-order valence-electron chi connectivity index (χ1n) is 9.19. The Labute approximate surface area is 141 Å². The summed E-state index contributed by atoms with van der Waals surface area (Å²) >= 11 is 0. The molecule has 0 unspecified atom stereocenters. The van der Waals surface area contributed by atoms with Gasteiger partial charge in [0, 0.05) is 0 Å². The first kappa shape index (κ1) is 19.5. The van der Waals surface area contributed by atoms with Crippen molar-refractivity contribution in [2.24, 2.45) is 0 Å². The second-order valence-corrected chi connectivity index (χ2v) is 6.07. The van der Waals surface area contributed by atoms with Crippen LogP contribution in [0.15, 0.2) is 24.3 Å². The quantitative estimate of drug-likeness (QED) is 0.258. The summed E-state index contributed by atoms with van der Waals surface area (Å²) in [4.78, 5) is 11.4. The van der Waals surface area contributed by atoms with E-state index in [1.54, 1.807) is 0 Å². The van der Waals surface area contributed by atoms with E-state index in [0.29, 0.717) is 12.4 Å². The molecule has 3 nitrogen and oxygen atoms in total. The van der Waals surface area contributed by atoms with E-state index in [-0.39, 0.29) is 0 Å². The van der Waals surface area contributed by atoms with Gasteiger partial charge in [-0.05, 0) is 37.0 Å². The monoisotopic (exact) mass is 320 g/mol. The first-order valence-corrected chi connectivity index (χ1v) is 9.19. The van der Waals surface area contributed by atoms with Crippen molar-refractivity contribution in [3.8, 4) is 5.75 Å². The molecular formula is C20H32O3. The van der Waals surface area contributed by atoms with Crippen LogP contribution >= 0.6 is 0 Å². The normalized spacial score (nSPS) is 10.5. The van der Waals surface area contributed by atoms with E-state index >= 15 is 0 Å². The Morgan fingerprint density at radius 3 is 2.04 bits per heavy atom. The van der Waals surface area contributed by atoms with Crippen molar-refractivity contribution in [1.29, 1.82) is 0 Å². The van der Waals surface area contributed by atoms with Crippen LogP contribution in [-0.4, -0.2) is 12.8 Å². The largest absolute Gasteiger partial charge is 0.513 e. The van der Waals surface area contributed by atoms with Gasteiger partial charge >= 0.3 is 6.16 Å². The van der Waals surface area contributed by atoms with E-state index in [9.17, 15) is 4.79 Å². The van der Waals surface area contributed by atoms with Gasteiger partial charge in [-0.25, -0.2) is 4.79 Å². The van der Waals surface area contributed by atoms with Crippen LogP contribution in [0.3, 0.4) is 0 Å². The molecule has 0 bridgehead atoms. The molecule has 0 aliphatic carbocycles. The fourth-order valence-electron chi connectivity index (χ4n) is 2.50. The lowest BCUT2D eigenvalue weighted by Gasteiger charge is -2.06. The van der Waals surface area contributed by atoms with Crippen molar-refractivity contribution in [2.75, 3.05) is 6.61 Å². The Morgan fingerprint density at radius 1 is 0.826 bits per heavy atom. The molecule has 1 aromatic carbocycles. The zero-order valence-corrected chi connectivity index (χ0v) is 14.8. The third kappa shape index (κ3) is 9.98. The molecule has 0 heterocycles. The molecule has 3 heteroatoms. The Bertz CT molecular complexity index is 411. The average Bonchev–Trinajstić information content (AvgIpc) is 2.57. The third-order valence-corrected chi connectivity index (χ3v) is 3.87. The third-order valence-electron chi connectivity index (χ3n) is 3.87. The van der Waals surface area contributed by atoms with Crippen LogP contribution in [0, 0.1) is 0 Å². The van der Waals surface area contributed by atoms with Crippen LogP contribution in [0.4, 0.5) is 4.79 Å². The highest BCUT2D eigenvalue weighted by atomic mass is 16.7. The van der Waals surface area contributed by atoms with E-state index in [1.807, 2.05) is 31.2 Å². The van der Waals surface area contributed by atoms with Gasteiger partial charge in [-0.2, -0.15) is 0 Å². The van der Waals surface area contributed by atoms with Gasteiger partial charge < -0.3 is 9.47 Å². The van der Waals surface area contributed by atoms with Gasteiger partial charge in [0.05, 0.1) is 6.61 Å². The summed E-state index contributed by atoms with van der Waals surface area (Å²) in [6, 6.07) is 7.74. The highest BCUT2D eigenvalue weighted by molar-refractivity contribution is 5.63. The number of carbonyl (C=O) groups excluding carboxylic acids is 1. The van der Waals surface area contributed by atoms with Crippen molar-refractivity contribution in [3.05, 3.63) is 29.8 Å². The maximum absolute atomic E-state index is 11.4. The minimum absolute atomic E-state index is 0.398. The number of hydrogen-bond donors (Lipinski definition) is 0. The lowest BCUT2D eigenvalue weighted by Crippen LogP contribution is -2.10. The summed E-state index contributed by atoms with van der Waals surface area (Å²) in [6.07, 6.45) is 12.0. The van der Waals surface area contributed by atoms with Crippen molar-refractivity contribution < 1.29 is 14.3 Å². The van der Waals surface area contributed by atoms with E-state index in [4.69, 9.17) is 9.47 Å². The molecule has 0 radical (unpaired) electrons. The van der Waals surface area contributed by atoms with Crippen LogP contribution in [0.5, 0.6) is 5.75 Å². The summed E-state index contributed by atoms with van der Waals surface area (Å²) in [5.41, 5.74) is 1.30. The molecule has 1 aromatic rings. The second kappa shape index (κ2) is 13.0. The molecule has 23 heavy (non-hydrogen) atoms. The molecule has 0 atom stereocenters. The maximum Gasteiger partial charge on any atom is 0.513 e. The standard InChI is InChI=1S/C20H32O3/c1-3-5-6-7-8-9-10-11-12-18-13-15-19(16-14-18)23-20(21)22-17-4-2/h13-16H,3-12,17H2,1-2H3. The fourth-order valence-corrected chi connectivity index (χ4v) is 2.50. The molecule has 0 N–H and O–H groups in total. The number of aryl methyl sites for hydroxylation is 1. The summed E-state index contributed by atoms with van der Waals surface area (Å²) < 4.78 is 9.99. The van der Waals surface area contributed by atoms with E-state index in [0.717, 1.165) is 12.8 Å². The minimum atomic E-state index is -0.623. The summed E-state index contributed by atoms with van der Waals surface area (Å²) in [7, 11) is 0. The topological polar surface area (TPSA) is 35.5 Å². The van der Waals surface area contributed by atoms with Crippen LogP contribution in [-0.2, 0) is 11.2 Å². The van der Waals surface area contributed by atoms with Crippen LogP contribution < -0.4 is 4.74 Å². The zero-order valence-electron chi connectivity index (χ0n) is 14.8. The smallest absolute Gasteiger partial charge is 0.434 e. The molecule has 130 valence electrons. The van der Waals surface area contributed by atoms with Crippen molar-refractivity contribution in [1.82, 2.24) is 0 Å². The first-order chi connectivity index (χ1) is 11.3. The van der Waals surface area contributed by atoms with Gasteiger partial charge in [-0.3, -0.25) is 0 Å². The number of carbonyl (C=O) groups is 1. The number of benzene rings is 1. The van der Waals surface area contributed by atoms with E-state index in [1.165, 1.54) is 56.9 Å². The van der Waals surface area contributed by atoms with E-state index < -0.39 is 6.16 Å². The van der Waals surface area contributed by atoms with Gasteiger partial charge in [0.2, 0.25) is 0 Å². The van der Waals surface area contributed by atoms with Gasteiger partial charge in [-0.1, -0.05) is 70.9 Å². The second-order valence-electron chi connectivity index (χ2n) is 6.07. The van der Waals surface area contributed by atoms with Crippen LogP contribution in [0.1, 0.15) is 77.2 Å². The molecular weight excluding hydrogens is 288 g/mol. The molecule has 0 fully saturated rings. The van der Waals surface area contributed by atoms with Crippen molar-refractivity contribution in [3.63, 3.8) is 0 Å². The minimum Gasteiger partial charge on any atom is -0.434 e. The molecule has 0 saturated carbocycles. The van der Waals surface area contributed by atoms with Gasteiger partial charge in [-0.15, -0.1) is 0 Å². The molecule has 0 aliphatic rings.